The highest BCUT2D eigenvalue weighted by Crippen LogP contribution is 2.49. The molecule has 0 aromatic heterocycles. The molecule has 0 amide bonds. The van der Waals surface area contributed by atoms with Gasteiger partial charge in [-0.1, -0.05) is 39.8 Å². The van der Waals surface area contributed by atoms with Crippen molar-refractivity contribution in [3.8, 4) is 0 Å². The van der Waals surface area contributed by atoms with Gasteiger partial charge in [-0.15, -0.1) is 11.8 Å². The van der Waals surface area contributed by atoms with Gasteiger partial charge in [0.15, 0.2) is 0 Å². The van der Waals surface area contributed by atoms with Gasteiger partial charge in [0, 0.05) is 16.7 Å². The zero-order valence-electron chi connectivity index (χ0n) is 16.1. The van der Waals surface area contributed by atoms with E-state index >= 15 is 0 Å². The molecule has 0 N–H and O–H groups in total. The summed E-state index contributed by atoms with van der Waals surface area (Å²) in [4.78, 5) is 4.20. The van der Waals surface area contributed by atoms with Gasteiger partial charge in [0.1, 0.15) is 0 Å². The van der Waals surface area contributed by atoms with Crippen molar-refractivity contribution in [2.45, 2.75) is 69.9 Å². The summed E-state index contributed by atoms with van der Waals surface area (Å²) in [5.41, 5.74) is 2.14. The minimum Gasteiger partial charge on any atom is -0.303 e. The van der Waals surface area contributed by atoms with Crippen LogP contribution in [-0.2, 0) is 6.42 Å². The van der Waals surface area contributed by atoms with E-state index in [0.717, 1.165) is 11.8 Å². The molecule has 2 aliphatic rings. The molecule has 0 radical (unpaired) electrons. The van der Waals surface area contributed by atoms with Crippen LogP contribution in [0.15, 0.2) is 29.2 Å². The van der Waals surface area contributed by atoms with E-state index in [0.29, 0.717) is 10.7 Å². The molecule has 1 aliphatic carbocycles. The Hall–Kier alpha value is -0.470. The fourth-order valence-electron chi connectivity index (χ4n) is 4.25. The summed E-state index contributed by atoms with van der Waals surface area (Å²) in [5.74, 6) is 1.82. The average molecular weight is 346 g/mol. The fraction of sp³-hybridized carbons (Fsp3) is 0.727. The molecule has 2 fully saturated rings. The second kappa shape index (κ2) is 7.83. The molecule has 134 valence electrons. The molecule has 1 aromatic carbocycles. The van der Waals surface area contributed by atoms with Gasteiger partial charge in [-0.3, -0.25) is 0 Å². The van der Waals surface area contributed by atoms with Crippen LogP contribution < -0.4 is 0 Å². The molecule has 2 heteroatoms. The summed E-state index contributed by atoms with van der Waals surface area (Å²) in [7, 11) is 0. The first-order valence-corrected chi connectivity index (χ1v) is 10.8. The summed E-state index contributed by atoms with van der Waals surface area (Å²) in [6, 6.07) is 9.31. The van der Waals surface area contributed by atoms with Crippen LogP contribution in [0.1, 0.15) is 58.9 Å². The molecule has 1 heterocycles. The summed E-state index contributed by atoms with van der Waals surface area (Å²) in [6.07, 6.45) is 6.96. The molecule has 0 spiro atoms. The van der Waals surface area contributed by atoms with Crippen LogP contribution >= 0.6 is 11.8 Å². The minimum atomic E-state index is 0.589. The van der Waals surface area contributed by atoms with Crippen LogP contribution in [0, 0.1) is 17.3 Å². The average Bonchev–Trinajstić information content (AvgIpc) is 3.26. The number of rotatable bonds is 7. The van der Waals surface area contributed by atoms with Gasteiger partial charge < -0.3 is 4.90 Å². The molecule has 1 nitrogen and oxygen atoms in total. The Morgan fingerprint density at radius 1 is 1.12 bits per heavy atom. The zero-order chi connectivity index (χ0) is 17.2. The van der Waals surface area contributed by atoms with E-state index in [1.165, 1.54) is 56.6 Å². The van der Waals surface area contributed by atoms with Gasteiger partial charge in [-0.25, -0.2) is 0 Å². The van der Waals surface area contributed by atoms with Gasteiger partial charge >= 0.3 is 0 Å². The molecule has 1 saturated heterocycles. The SMILES string of the molecule is CC(C)Sc1cccc(CC2(CN3CCC(C(C)C)CC3)CC2)c1. The lowest BCUT2D eigenvalue weighted by atomic mass is 9.86. The third-order valence-electron chi connectivity index (χ3n) is 5.94. The molecule has 3 rings (SSSR count). The van der Waals surface area contributed by atoms with Crippen LogP contribution in [0.2, 0.25) is 0 Å². The molecular formula is C22H35NS. The summed E-state index contributed by atoms with van der Waals surface area (Å²) in [6.45, 7) is 13.3. The second-order valence-corrected chi connectivity index (χ2v) is 10.5. The van der Waals surface area contributed by atoms with Crippen LogP contribution in [0.4, 0.5) is 0 Å². The summed E-state index contributed by atoms with van der Waals surface area (Å²) >= 11 is 1.99. The van der Waals surface area contributed by atoms with Crippen molar-refractivity contribution >= 4 is 11.8 Å². The molecule has 0 bridgehead atoms. The monoisotopic (exact) mass is 345 g/mol. The molecule has 24 heavy (non-hydrogen) atoms. The van der Waals surface area contributed by atoms with Crippen molar-refractivity contribution in [1.82, 2.24) is 4.90 Å². The van der Waals surface area contributed by atoms with Crippen molar-refractivity contribution in [3.05, 3.63) is 29.8 Å². The van der Waals surface area contributed by atoms with Crippen LogP contribution in [0.5, 0.6) is 0 Å². The Kier molecular flexibility index (Phi) is 5.98. The van der Waals surface area contributed by atoms with E-state index in [9.17, 15) is 0 Å². The van der Waals surface area contributed by atoms with Gasteiger partial charge in [0.05, 0.1) is 0 Å². The number of piperidine rings is 1. The largest absolute Gasteiger partial charge is 0.303 e. The van der Waals surface area contributed by atoms with E-state index < -0.39 is 0 Å². The number of hydrogen-bond acceptors (Lipinski definition) is 2. The number of nitrogens with zero attached hydrogens (tertiary/aromatic N) is 1. The maximum atomic E-state index is 2.76. The first-order valence-electron chi connectivity index (χ1n) is 9.94. The Labute approximate surface area is 153 Å². The fourth-order valence-corrected chi connectivity index (χ4v) is 5.17. The lowest BCUT2D eigenvalue weighted by molar-refractivity contribution is 0.133. The van der Waals surface area contributed by atoms with Crippen molar-refractivity contribution in [2.75, 3.05) is 19.6 Å². The number of hydrogen-bond donors (Lipinski definition) is 0. The predicted molar refractivity (Wildman–Crippen MR) is 107 cm³/mol. The molecule has 0 atom stereocenters. The van der Waals surface area contributed by atoms with E-state index in [4.69, 9.17) is 0 Å². The van der Waals surface area contributed by atoms with Gasteiger partial charge in [0.2, 0.25) is 0 Å². The number of benzene rings is 1. The normalized spacial score (nSPS) is 21.6. The minimum absolute atomic E-state index is 0.589. The third-order valence-corrected chi connectivity index (χ3v) is 6.94. The molecule has 1 saturated carbocycles. The van der Waals surface area contributed by atoms with Crippen LogP contribution in [-0.4, -0.2) is 29.8 Å². The highest BCUT2D eigenvalue weighted by Gasteiger charge is 2.44. The Balaban J connectivity index is 1.54. The Bertz CT molecular complexity index is 525. The molecule has 0 unspecified atom stereocenters. The van der Waals surface area contributed by atoms with Gasteiger partial charge in [-0.2, -0.15) is 0 Å². The van der Waals surface area contributed by atoms with E-state index in [1.54, 1.807) is 5.56 Å². The van der Waals surface area contributed by atoms with E-state index in [2.05, 4.69) is 56.9 Å². The highest BCUT2D eigenvalue weighted by molar-refractivity contribution is 7.99. The predicted octanol–water partition coefficient (Wildman–Crippen LogP) is 5.88. The molecule has 1 aromatic rings. The van der Waals surface area contributed by atoms with Crippen molar-refractivity contribution in [3.63, 3.8) is 0 Å². The second-order valence-electron chi connectivity index (χ2n) is 8.85. The molecule has 1 aliphatic heterocycles. The zero-order valence-corrected chi connectivity index (χ0v) is 16.9. The highest BCUT2D eigenvalue weighted by atomic mass is 32.2. The van der Waals surface area contributed by atoms with Gasteiger partial charge in [-0.05, 0) is 80.1 Å². The third kappa shape index (κ3) is 5.02. The van der Waals surface area contributed by atoms with E-state index in [1.807, 2.05) is 11.8 Å². The van der Waals surface area contributed by atoms with Crippen LogP contribution in [0.25, 0.3) is 0 Å². The first kappa shape index (κ1) is 18.3. The Morgan fingerprint density at radius 3 is 2.42 bits per heavy atom. The Morgan fingerprint density at radius 2 is 1.83 bits per heavy atom. The van der Waals surface area contributed by atoms with Crippen molar-refractivity contribution in [2.24, 2.45) is 17.3 Å². The standard InChI is InChI=1S/C22H35NS/c1-17(2)20-8-12-23(13-9-20)16-22(10-11-22)15-19-6-5-7-21(14-19)24-18(3)4/h5-7,14,17-18,20H,8-13,15-16H2,1-4H3. The quantitative estimate of drug-likeness (QED) is 0.568. The smallest absolute Gasteiger partial charge is 0.00773 e. The molecular weight excluding hydrogens is 310 g/mol. The summed E-state index contributed by atoms with van der Waals surface area (Å²) < 4.78 is 0. The summed E-state index contributed by atoms with van der Waals surface area (Å²) in [5, 5.41) is 0.664. The number of thioether (sulfide) groups is 1. The van der Waals surface area contributed by atoms with Crippen molar-refractivity contribution < 1.29 is 0 Å². The maximum absolute atomic E-state index is 2.76. The topological polar surface area (TPSA) is 3.24 Å². The van der Waals surface area contributed by atoms with Crippen LogP contribution in [0.3, 0.4) is 0 Å². The van der Waals surface area contributed by atoms with Gasteiger partial charge in [0.25, 0.3) is 0 Å². The lowest BCUT2D eigenvalue weighted by Crippen LogP contribution is -2.39. The number of likely N-dealkylation sites (tertiary alicyclic amines) is 1. The van der Waals surface area contributed by atoms with Crippen molar-refractivity contribution in [1.29, 1.82) is 0 Å². The maximum Gasteiger partial charge on any atom is 0.00773 e. The lowest BCUT2D eigenvalue weighted by Gasteiger charge is -2.36. The van der Waals surface area contributed by atoms with E-state index in [-0.39, 0.29) is 0 Å². The first-order chi connectivity index (χ1) is 11.5.